The molecule has 1 saturated heterocycles. The summed E-state index contributed by atoms with van der Waals surface area (Å²) in [6.45, 7) is 3.34. The molecule has 0 unspecified atom stereocenters. The summed E-state index contributed by atoms with van der Waals surface area (Å²) in [5.74, 6) is 0. The molecule has 2 aromatic rings. The summed E-state index contributed by atoms with van der Waals surface area (Å²) >= 11 is 0. The summed E-state index contributed by atoms with van der Waals surface area (Å²) in [7, 11) is -3.60. The minimum absolute atomic E-state index is 0.137. The molecule has 0 bridgehead atoms. The number of aromatic amines is 1. The van der Waals surface area contributed by atoms with E-state index in [-0.39, 0.29) is 5.56 Å². The number of morpholine rings is 1. The Morgan fingerprint density at radius 3 is 2.56 bits per heavy atom. The van der Waals surface area contributed by atoms with Crippen molar-refractivity contribution in [3.8, 4) is 11.3 Å². The number of nitrogens with one attached hydrogen (secondary N) is 1. The monoisotopic (exact) mass is 389 g/mol. The van der Waals surface area contributed by atoms with Gasteiger partial charge in [-0.05, 0) is 49.8 Å². The Bertz CT molecular complexity index is 1020. The van der Waals surface area contributed by atoms with Crippen LogP contribution in [0.3, 0.4) is 0 Å². The third kappa shape index (κ3) is 3.33. The van der Waals surface area contributed by atoms with Gasteiger partial charge >= 0.3 is 0 Å². The van der Waals surface area contributed by atoms with Crippen LogP contribution in [0.25, 0.3) is 11.3 Å². The van der Waals surface area contributed by atoms with Gasteiger partial charge in [0.1, 0.15) is 0 Å². The number of hydrogen-bond acceptors (Lipinski definition) is 5. The maximum Gasteiger partial charge on any atom is 0.267 e. The topological polar surface area (TPSA) is 92.4 Å². The Labute approximate surface area is 158 Å². The summed E-state index contributed by atoms with van der Waals surface area (Å²) in [5.41, 5.74) is 3.70. The fraction of sp³-hybridized carbons (Fsp3) is 0.474. The van der Waals surface area contributed by atoms with Crippen molar-refractivity contribution in [2.24, 2.45) is 0 Å². The standard InChI is InChI=1S/C19H23N3O4S/c1-13-6-7-14(12-17(13)27(24,25)22-8-10-26-11-9-22)18-15-4-2-3-5-16(15)19(23)21-20-18/h6-7,12H,2-5,8-11H2,1H3,(H,21,23). The van der Waals surface area contributed by atoms with E-state index in [2.05, 4.69) is 10.2 Å². The first-order valence-electron chi connectivity index (χ1n) is 9.28. The van der Waals surface area contributed by atoms with E-state index in [1.165, 1.54) is 4.31 Å². The highest BCUT2D eigenvalue weighted by molar-refractivity contribution is 7.89. The van der Waals surface area contributed by atoms with Crippen LogP contribution in [0.4, 0.5) is 0 Å². The lowest BCUT2D eigenvalue weighted by Gasteiger charge is -2.27. The quantitative estimate of drug-likeness (QED) is 0.862. The first-order valence-corrected chi connectivity index (χ1v) is 10.7. The molecule has 144 valence electrons. The summed E-state index contributed by atoms with van der Waals surface area (Å²) in [4.78, 5) is 12.4. The van der Waals surface area contributed by atoms with E-state index >= 15 is 0 Å². The van der Waals surface area contributed by atoms with Gasteiger partial charge in [-0.1, -0.05) is 12.1 Å². The van der Waals surface area contributed by atoms with Crippen LogP contribution in [-0.2, 0) is 27.6 Å². The third-order valence-corrected chi connectivity index (χ3v) is 7.39. The molecular formula is C19H23N3O4S. The molecule has 0 spiro atoms. The fourth-order valence-corrected chi connectivity index (χ4v) is 5.51. The van der Waals surface area contributed by atoms with Gasteiger partial charge in [0, 0.05) is 24.2 Å². The Morgan fingerprint density at radius 2 is 1.81 bits per heavy atom. The predicted molar refractivity (Wildman–Crippen MR) is 101 cm³/mol. The van der Waals surface area contributed by atoms with Crippen LogP contribution >= 0.6 is 0 Å². The zero-order valence-corrected chi connectivity index (χ0v) is 16.1. The minimum Gasteiger partial charge on any atom is -0.379 e. The molecule has 1 aromatic heterocycles. The second-order valence-corrected chi connectivity index (χ2v) is 8.97. The molecule has 2 aliphatic rings. The van der Waals surface area contributed by atoms with Gasteiger partial charge in [-0.2, -0.15) is 9.40 Å². The van der Waals surface area contributed by atoms with E-state index in [9.17, 15) is 13.2 Å². The molecular weight excluding hydrogens is 366 g/mol. The van der Waals surface area contributed by atoms with E-state index < -0.39 is 10.0 Å². The van der Waals surface area contributed by atoms with Crippen molar-refractivity contribution >= 4 is 10.0 Å². The van der Waals surface area contributed by atoms with Gasteiger partial charge in [-0.15, -0.1) is 0 Å². The molecule has 4 rings (SSSR count). The molecule has 1 fully saturated rings. The summed E-state index contributed by atoms with van der Waals surface area (Å²) in [6, 6.07) is 5.38. The van der Waals surface area contributed by atoms with Crippen molar-refractivity contribution < 1.29 is 13.2 Å². The van der Waals surface area contributed by atoms with Crippen LogP contribution in [0.1, 0.15) is 29.5 Å². The van der Waals surface area contributed by atoms with Gasteiger partial charge in [0.2, 0.25) is 10.0 Å². The van der Waals surface area contributed by atoms with Crippen LogP contribution in [-0.4, -0.2) is 49.2 Å². The van der Waals surface area contributed by atoms with E-state index in [1.54, 1.807) is 13.0 Å². The molecule has 1 N–H and O–H groups in total. The number of aryl methyl sites for hydroxylation is 1. The second-order valence-electron chi connectivity index (χ2n) is 7.06. The number of sulfonamides is 1. The highest BCUT2D eigenvalue weighted by atomic mass is 32.2. The number of H-pyrrole nitrogens is 1. The van der Waals surface area contributed by atoms with E-state index in [0.29, 0.717) is 42.5 Å². The SMILES string of the molecule is Cc1ccc(-c2n[nH]c(=O)c3c2CCCC3)cc1S(=O)(=O)N1CCOCC1. The number of benzene rings is 1. The average Bonchev–Trinajstić information content (AvgIpc) is 2.70. The lowest BCUT2D eigenvalue weighted by molar-refractivity contribution is 0.0730. The first-order chi connectivity index (χ1) is 13.0. The van der Waals surface area contributed by atoms with Gasteiger partial charge in [-0.25, -0.2) is 13.5 Å². The largest absolute Gasteiger partial charge is 0.379 e. The van der Waals surface area contributed by atoms with Gasteiger partial charge < -0.3 is 4.74 Å². The molecule has 0 amide bonds. The number of nitrogens with zero attached hydrogens (tertiary/aromatic N) is 2. The molecule has 8 heteroatoms. The van der Waals surface area contributed by atoms with Gasteiger partial charge in [0.05, 0.1) is 23.8 Å². The van der Waals surface area contributed by atoms with Gasteiger partial charge in [0.25, 0.3) is 5.56 Å². The highest BCUT2D eigenvalue weighted by Crippen LogP contribution is 2.31. The van der Waals surface area contributed by atoms with Crippen LogP contribution in [0.15, 0.2) is 27.9 Å². The average molecular weight is 389 g/mol. The maximum atomic E-state index is 13.1. The van der Waals surface area contributed by atoms with Crippen molar-refractivity contribution in [3.05, 3.63) is 45.2 Å². The zero-order valence-electron chi connectivity index (χ0n) is 15.3. The van der Waals surface area contributed by atoms with Crippen molar-refractivity contribution in [3.63, 3.8) is 0 Å². The van der Waals surface area contributed by atoms with Crippen molar-refractivity contribution in [2.75, 3.05) is 26.3 Å². The highest BCUT2D eigenvalue weighted by Gasteiger charge is 2.28. The molecule has 7 nitrogen and oxygen atoms in total. The third-order valence-electron chi connectivity index (χ3n) is 5.35. The van der Waals surface area contributed by atoms with Crippen molar-refractivity contribution in [2.45, 2.75) is 37.5 Å². The smallest absolute Gasteiger partial charge is 0.267 e. The number of rotatable bonds is 3. The van der Waals surface area contributed by atoms with Crippen molar-refractivity contribution in [1.29, 1.82) is 0 Å². The first kappa shape index (κ1) is 18.3. The van der Waals surface area contributed by atoms with E-state index in [4.69, 9.17) is 4.74 Å². The molecule has 0 atom stereocenters. The normalized spacial score (nSPS) is 18.3. The maximum absolute atomic E-state index is 13.1. The van der Waals surface area contributed by atoms with E-state index in [0.717, 1.165) is 42.4 Å². The number of fused-ring (bicyclic) bond motifs is 1. The summed E-state index contributed by atoms with van der Waals surface area (Å²) in [6.07, 6.45) is 3.53. The zero-order chi connectivity index (χ0) is 19.0. The number of ether oxygens (including phenoxy) is 1. The summed E-state index contributed by atoms with van der Waals surface area (Å²) in [5, 5.41) is 6.84. The molecule has 0 radical (unpaired) electrons. The molecule has 2 heterocycles. The minimum atomic E-state index is -3.60. The molecule has 1 aliphatic heterocycles. The number of hydrogen-bond donors (Lipinski definition) is 1. The fourth-order valence-electron chi connectivity index (χ4n) is 3.85. The Hall–Kier alpha value is -2.03. The molecule has 0 saturated carbocycles. The molecule has 1 aliphatic carbocycles. The van der Waals surface area contributed by atoms with Crippen LogP contribution in [0.2, 0.25) is 0 Å². The molecule has 27 heavy (non-hydrogen) atoms. The lowest BCUT2D eigenvalue weighted by Crippen LogP contribution is -2.40. The Balaban J connectivity index is 1.81. The van der Waals surface area contributed by atoms with Crippen molar-refractivity contribution in [1.82, 2.24) is 14.5 Å². The second kappa shape index (κ2) is 7.18. The molecule has 1 aromatic carbocycles. The van der Waals surface area contributed by atoms with Gasteiger partial charge in [0.15, 0.2) is 0 Å². The van der Waals surface area contributed by atoms with E-state index in [1.807, 2.05) is 12.1 Å². The van der Waals surface area contributed by atoms with Crippen LogP contribution in [0, 0.1) is 6.92 Å². The predicted octanol–water partition coefficient (Wildman–Crippen LogP) is 1.65. The summed E-state index contributed by atoms with van der Waals surface area (Å²) < 4.78 is 33.0. The lowest BCUT2D eigenvalue weighted by atomic mass is 9.90. The van der Waals surface area contributed by atoms with Crippen LogP contribution in [0.5, 0.6) is 0 Å². The van der Waals surface area contributed by atoms with Gasteiger partial charge in [-0.3, -0.25) is 4.79 Å². The Kier molecular flexibility index (Phi) is 4.88. The Morgan fingerprint density at radius 1 is 1.11 bits per heavy atom. The van der Waals surface area contributed by atoms with Crippen LogP contribution < -0.4 is 5.56 Å². The number of aromatic nitrogens is 2.